The van der Waals surface area contributed by atoms with Crippen molar-refractivity contribution in [3.8, 4) is 0 Å². The Labute approximate surface area is 81.4 Å². The fourth-order valence-electron chi connectivity index (χ4n) is 0.903. The van der Waals surface area contributed by atoms with Crippen molar-refractivity contribution >= 4 is 19.7 Å². The van der Waals surface area contributed by atoms with E-state index in [1.807, 2.05) is 6.92 Å². The molecule has 0 unspecified atom stereocenters. The highest BCUT2D eigenvalue weighted by molar-refractivity contribution is 8.13. The van der Waals surface area contributed by atoms with Crippen LogP contribution in [0.2, 0.25) is 0 Å². The second-order valence-electron chi connectivity index (χ2n) is 2.54. The molecule has 13 heavy (non-hydrogen) atoms. The largest absolute Gasteiger partial charge is 0.278 e. The zero-order chi connectivity index (χ0) is 9.90. The van der Waals surface area contributed by atoms with Gasteiger partial charge < -0.3 is 0 Å². The fourth-order valence-corrected chi connectivity index (χ4v) is 1.61. The maximum Gasteiger partial charge on any atom is 0.278 e. The van der Waals surface area contributed by atoms with Crippen LogP contribution in [-0.4, -0.2) is 18.4 Å². The summed E-state index contributed by atoms with van der Waals surface area (Å²) in [4.78, 5) is 7.47. The van der Waals surface area contributed by atoms with Gasteiger partial charge in [-0.05, 0) is 12.5 Å². The van der Waals surface area contributed by atoms with Gasteiger partial charge in [-0.2, -0.15) is 0 Å². The van der Waals surface area contributed by atoms with Crippen molar-refractivity contribution in [2.24, 2.45) is 0 Å². The Balaban J connectivity index is 3.06. The summed E-state index contributed by atoms with van der Waals surface area (Å²) in [5, 5.41) is -0.132. The summed E-state index contributed by atoms with van der Waals surface area (Å²) in [6, 6.07) is 1.39. The summed E-state index contributed by atoms with van der Waals surface area (Å²) < 4.78 is 21.7. The van der Waals surface area contributed by atoms with Gasteiger partial charge in [-0.25, -0.2) is 18.4 Å². The van der Waals surface area contributed by atoms with Gasteiger partial charge in [-0.15, -0.1) is 0 Å². The smallest absolute Gasteiger partial charge is 0.241 e. The van der Waals surface area contributed by atoms with E-state index in [9.17, 15) is 8.42 Å². The first-order chi connectivity index (χ1) is 6.04. The summed E-state index contributed by atoms with van der Waals surface area (Å²) >= 11 is 0. The first-order valence-electron chi connectivity index (χ1n) is 3.79. The second-order valence-corrected chi connectivity index (χ2v) is 5.05. The molecule has 0 fully saturated rings. The Morgan fingerprint density at radius 3 is 2.69 bits per heavy atom. The van der Waals surface area contributed by atoms with Crippen LogP contribution < -0.4 is 0 Å². The van der Waals surface area contributed by atoms with Crippen LogP contribution in [0.4, 0.5) is 0 Å². The molecule has 0 aromatic carbocycles. The molecule has 6 heteroatoms. The highest BCUT2D eigenvalue weighted by atomic mass is 35.7. The maximum absolute atomic E-state index is 10.9. The molecule has 0 aliphatic carbocycles. The minimum absolute atomic E-state index is 0.132. The lowest BCUT2D eigenvalue weighted by Gasteiger charge is -1.98. The molecule has 4 nitrogen and oxygen atoms in total. The van der Waals surface area contributed by atoms with E-state index < -0.39 is 9.05 Å². The predicted octanol–water partition coefficient (Wildman–Crippen LogP) is 1.36. The molecule has 0 aliphatic rings. The van der Waals surface area contributed by atoms with Crippen LogP contribution in [0.5, 0.6) is 0 Å². The first-order valence-corrected chi connectivity index (χ1v) is 6.10. The molecule has 1 rings (SSSR count). The van der Waals surface area contributed by atoms with Crippen LogP contribution in [0.15, 0.2) is 17.4 Å². The third-order valence-electron chi connectivity index (χ3n) is 1.45. The van der Waals surface area contributed by atoms with E-state index in [1.54, 1.807) is 0 Å². The number of rotatable bonds is 3. The van der Waals surface area contributed by atoms with Crippen LogP contribution in [0.3, 0.4) is 0 Å². The van der Waals surface area contributed by atoms with E-state index in [0.717, 1.165) is 12.8 Å². The van der Waals surface area contributed by atoms with Crippen LogP contribution in [0.1, 0.15) is 19.0 Å². The van der Waals surface area contributed by atoms with Gasteiger partial charge in [0.1, 0.15) is 6.33 Å². The second kappa shape index (κ2) is 4.02. The molecular weight excluding hydrogens is 212 g/mol. The molecule has 0 atom stereocenters. The number of aryl methyl sites for hydroxylation is 1. The SMILES string of the molecule is CCCc1cc(S(=O)(=O)Cl)ncn1. The number of aromatic nitrogens is 2. The fraction of sp³-hybridized carbons (Fsp3) is 0.429. The molecule has 1 aromatic heterocycles. The molecular formula is C7H9ClN2O2S. The predicted molar refractivity (Wildman–Crippen MR) is 49.1 cm³/mol. The van der Waals surface area contributed by atoms with E-state index in [4.69, 9.17) is 10.7 Å². The third kappa shape index (κ3) is 2.93. The average molecular weight is 221 g/mol. The van der Waals surface area contributed by atoms with Gasteiger partial charge in [0, 0.05) is 16.4 Å². The molecule has 0 spiro atoms. The Kier molecular flexibility index (Phi) is 3.22. The molecule has 0 amide bonds. The van der Waals surface area contributed by atoms with E-state index >= 15 is 0 Å². The Morgan fingerprint density at radius 2 is 2.15 bits per heavy atom. The van der Waals surface area contributed by atoms with Crippen molar-refractivity contribution in [2.45, 2.75) is 24.8 Å². The lowest BCUT2D eigenvalue weighted by Crippen LogP contribution is -1.98. The van der Waals surface area contributed by atoms with Crippen molar-refractivity contribution in [3.05, 3.63) is 18.1 Å². The third-order valence-corrected chi connectivity index (χ3v) is 2.65. The minimum Gasteiger partial charge on any atom is -0.241 e. The van der Waals surface area contributed by atoms with Gasteiger partial charge in [0.15, 0.2) is 5.03 Å². The highest BCUT2D eigenvalue weighted by Crippen LogP contribution is 2.12. The number of halogens is 1. The first kappa shape index (κ1) is 10.4. The van der Waals surface area contributed by atoms with Crippen molar-refractivity contribution in [1.82, 2.24) is 9.97 Å². The Morgan fingerprint density at radius 1 is 1.46 bits per heavy atom. The van der Waals surface area contributed by atoms with Gasteiger partial charge in [0.2, 0.25) is 0 Å². The summed E-state index contributed by atoms with van der Waals surface area (Å²) in [6.45, 7) is 1.98. The molecule has 0 aliphatic heterocycles. The van der Waals surface area contributed by atoms with Crippen LogP contribution >= 0.6 is 10.7 Å². The van der Waals surface area contributed by atoms with Crippen LogP contribution in [0, 0.1) is 0 Å². The topological polar surface area (TPSA) is 59.9 Å². The summed E-state index contributed by atoms with van der Waals surface area (Å²) in [5.74, 6) is 0. The minimum atomic E-state index is -3.72. The van der Waals surface area contributed by atoms with Gasteiger partial charge >= 0.3 is 0 Å². The normalized spacial score (nSPS) is 11.5. The molecule has 72 valence electrons. The quantitative estimate of drug-likeness (QED) is 0.570. The number of hydrogen-bond donors (Lipinski definition) is 0. The van der Waals surface area contributed by atoms with Crippen molar-refractivity contribution in [2.75, 3.05) is 0 Å². The van der Waals surface area contributed by atoms with Gasteiger partial charge in [0.25, 0.3) is 9.05 Å². The van der Waals surface area contributed by atoms with Crippen molar-refractivity contribution in [3.63, 3.8) is 0 Å². The maximum atomic E-state index is 10.9. The zero-order valence-corrected chi connectivity index (χ0v) is 8.64. The lowest BCUT2D eigenvalue weighted by atomic mass is 10.2. The molecule has 0 N–H and O–H groups in total. The van der Waals surface area contributed by atoms with Crippen molar-refractivity contribution < 1.29 is 8.42 Å². The van der Waals surface area contributed by atoms with E-state index in [0.29, 0.717) is 5.69 Å². The van der Waals surface area contributed by atoms with E-state index in [1.165, 1.54) is 12.4 Å². The summed E-state index contributed by atoms with van der Waals surface area (Å²) in [7, 11) is 1.39. The average Bonchev–Trinajstić information content (AvgIpc) is 2.04. The summed E-state index contributed by atoms with van der Waals surface area (Å²) in [5.41, 5.74) is 0.691. The van der Waals surface area contributed by atoms with Crippen molar-refractivity contribution in [1.29, 1.82) is 0 Å². The molecule has 0 saturated heterocycles. The number of nitrogens with zero attached hydrogens (tertiary/aromatic N) is 2. The van der Waals surface area contributed by atoms with Crippen LogP contribution in [0.25, 0.3) is 0 Å². The molecule has 1 heterocycles. The standard InChI is InChI=1S/C7H9ClN2O2S/c1-2-3-6-4-7(10-5-9-6)13(8,11)12/h4-5H,2-3H2,1H3. The Hall–Kier alpha value is -0.680. The number of hydrogen-bond acceptors (Lipinski definition) is 4. The van der Waals surface area contributed by atoms with Gasteiger partial charge in [-0.1, -0.05) is 13.3 Å². The van der Waals surface area contributed by atoms with Gasteiger partial charge in [-0.3, -0.25) is 0 Å². The molecule has 0 saturated carbocycles. The van der Waals surface area contributed by atoms with E-state index in [-0.39, 0.29) is 5.03 Å². The zero-order valence-electron chi connectivity index (χ0n) is 7.07. The van der Waals surface area contributed by atoms with E-state index in [2.05, 4.69) is 9.97 Å². The highest BCUT2D eigenvalue weighted by Gasteiger charge is 2.11. The van der Waals surface area contributed by atoms with Crippen LogP contribution in [-0.2, 0) is 15.5 Å². The monoisotopic (exact) mass is 220 g/mol. The molecule has 0 bridgehead atoms. The molecule has 0 radical (unpaired) electrons. The summed E-state index contributed by atoms with van der Waals surface area (Å²) in [6.07, 6.45) is 2.83. The molecule has 1 aromatic rings. The van der Waals surface area contributed by atoms with Gasteiger partial charge in [0.05, 0.1) is 0 Å². The lowest BCUT2D eigenvalue weighted by molar-refractivity contribution is 0.605. The Bertz CT molecular complexity index is 391.